The zero-order valence-electron chi connectivity index (χ0n) is 14.8. The molecule has 1 saturated heterocycles. The van der Waals surface area contributed by atoms with Gasteiger partial charge in [-0.3, -0.25) is 19.7 Å². The molecule has 0 aliphatic carbocycles. The summed E-state index contributed by atoms with van der Waals surface area (Å²) in [5, 5.41) is 4.26. The number of amides is 4. The van der Waals surface area contributed by atoms with Crippen molar-refractivity contribution < 1.29 is 37.1 Å². The van der Waals surface area contributed by atoms with Crippen LogP contribution in [-0.2, 0) is 25.3 Å². The van der Waals surface area contributed by atoms with Crippen LogP contribution in [0.2, 0.25) is 0 Å². The van der Waals surface area contributed by atoms with Crippen LogP contribution < -0.4 is 15.5 Å². The van der Waals surface area contributed by atoms with Gasteiger partial charge in [0.05, 0.1) is 11.5 Å². The largest absolute Gasteiger partial charge is 0.455 e. The Morgan fingerprint density at radius 3 is 2.64 bits per heavy atom. The third-order valence-corrected chi connectivity index (χ3v) is 3.88. The maximum Gasteiger partial charge on any atom is 0.416 e. The Morgan fingerprint density at radius 1 is 1.29 bits per heavy atom. The van der Waals surface area contributed by atoms with E-state index in [2.05, 4.69) is 5.32 Å². The Balaban J connectivity index is 1.94. The van der Waals surface area contributed by atoms with E-state index in [0.29, 0.717) is 6.54 Å². The highest BCUT2D eigenvalue weighted by Crippen LogP contribution is 2.33. The van der Waals surface area contributed by atoms with E-state index in [9.17, 15) is 32.3 Å². The average molecular weight is 401 g/mol. The van der Waals surface area contributed by atoms with Gasteiger partial charge >= 0.3 is 18.2 Å². The van der Waals surface area contributed by atoms with Gasteiger partial charge in [-0.05, 0) is 25.1 Å². The first-order chi connectivity index (χ1) is 13.1. The fraction of sp³-hybridized carbons (Fsp3) is 0.412. The van der Waals surface area contributed by atoms with Crippen LogP contribution in [-0.4, -0.2) is 43.5 Å². The van der Waals surface area contributed by atoms with Gasteiger partial charge in [-0.1, -0.05) is 6.07 Å². The normalized spacial score (nSPS) is 16.6. The monoisotopic (exact) mass is 401 g/mol. The number of urea groups is 1. The van der Waals surface area contributed by atoms with Crippen molar-refractivity contribution in [1.82, 2.24) is 10.6 Å². The van der Waals surface area contributed by atoms with Crippen molar-refractivity contribution in [2.24, 2.45) is 5.92 Å². The molecule has 0 radical (unpaired) electrons. The number of benzene rings is 1. The maximum atomic E-state index is 12.8. The molecule has 1 fully saturated rings. The van der Waals surface area contributed by atoms with Gasteiger partial charge in [0.25, 0.3) is 5.91 Å². The molecule has 152 valence electrons. The summed E-state index contributed by atoms with van der Waals surface area (Å²) in [5.74, 6) is -3.17. The summed E-state index contributed by atoms with van der Waals surface area (Å²) in [7, 11) is 0. The van der Waals surface area contributed by atoms with Gasteiger partial charge in [0.1, 0.15) is 0 Å². The van der Waals surface area contributed by atoms with Crippen molar-refractivity contribution >= 4 is 29.5 Å². The number of anilines is 1. The van der Waals surface area contributed by atoms with Crippen molar-refractivity contribution in [1.29, 1.82) is 0 Å². The lowest BCUT2D eigenvalue weighted by molar-refractivity contribution is -0.152. The molecule has 0 saturated carbocycles. The summed E-state index contributed by atoms with van der Waals surface area (Å²) in [6.07, 6.45) is -4.82. The number of carbonyl (C=O) groups is 4. The molecule has 1 aliphatic heterocycles. The molecular formula is C17H18F3N3O5. The molecule has 4 amide bonds. The molecule has 1 aromatic rings. The SMILES string of the molecule is CCNC(=O)NC(=O)COC(=O)[C@H]1CC(=O)N(c2cccc(C(F)(F)F)c2)C1. The summed E-state index contributed by atoms with van der Waals surface area (Å²) in [6, 6.07) is 3.47. The summed E-state index contributed by atoms with van der Waals surface area (Å²) >= 11 is 0. The fourth-order valence-electron chi connectivity index (χ4n) is 2.59. The van der Waals surface area contributed by atoms with Gasteiger partial charge in [-0.2, -0.15) is 13.2 Å². The van der Waals surface area contributed by atoms with Crippen molar-refractivity contribution in [3.63, 3.8) is 0 Å². The molecular weight excluding hydrogens is 383 g/mol. The van der Waals surface area contributed by atoms with Crippen LogP contribution in [0.25, 0.3) is 0 Å². The van der Waals surface area contributed by atoms with Gasteiger partial charge < -0.3 is 15.0 Å². The number of halogens is 3. The predicted molar refractivity (Wildman–Crippen MR) is 90.1 cm³/mol. The summed E-state index contributed by atoms with van der Waals surface area (Å²) in [6.45, 7) is 1.06. The highest BCUT2D eigenvalue weighted by Gasteiger charge is 2.37. The molecule has 1 aliphatic rings. The van der Waals surface area contributed by atoms with Crippen LogP contribution in [0.5, 0.6) is 0 Å². The minimum Gasteiger partial charge on any atom is -0.455 e. The number of esters is 1. The number of hydrogen-bond acceptors (Lipinski definition) is 5. The second-order valence-electron chi connectivity index (χ2n) is 5.97. The molecule has 1 aromatic carbocycles. The molecule has 28 heavy (non-hydrogen) atoms. The number of rotatable bonds is 5. The number of ether oxygens (including phenoxy) is 1. The van der Waals surface area contributed by atoms with Crippen molar-refractivity contribution in [3.05, 3.63) is 29.8 Å². The Bertz CT molecular complexity index is 782. The zero-order chi connectivity index (χ0) is 20.9. The van der Waals surface area contributed by atoms with Crippen LogP contribution in [0.3, 0.4) is 0 Å². The first-order valence-corrected chi connectivity index (χ1v) is 8.33. The topological polar surface area (TPSA) is 105 Å². The second kappa shape index (κ2) is 8.72. The third-order valence-electron chi connectivity index (χ3n) is 3.88. The van der Waals surface area contributed by atoms with Crippen LogP contribution in [0, 0.1) is 5.92 Å². The van der Waals surface area contributed by atoms with Gasteiger partial charge in [-0.15, -0.1) is 0 Å². The summed E-state index contributed by atoms with van der Waals surface area (Å²) < 4.78 is 43.3. The maximum absolute atomic E-state index is 12.8. The van der Waals surface area contributed by atoms with Gasteiger partial charge in [0, 0.05) is 25.2 Å². The number of nitrogens with one attached hydrogen (secondary N) is 2. The molecule has 0 unspecified atom stereocenters. The second-order valence-corrected chi connectivity index (χ2v) is 5.97. The van der Waals surface area contributed by atoms with E-state index in [4.69, 9.17) is 4.74 Å². The fourth-order valence-corrected chi connectivity index (χ4v) is 2.59. The summed E-state index contributed by atoms with van der Waals surface area (Å²) in [5.41, 5.74) is -0.894. The van der Waals surface area contributed by atoms with Crippen LogP contribution in [0.1, 0.15) is 18.9 Å². The quantitative estimate of drug-likeness (QED) is 0.727. The van der Waals surface area contributed by atoms with Gasteiger partial charge in [-0.25, -0.2) is 4.79 Å². The molecule has 11 heteroatoms. The van der Waals surface area contributed by atoms with Crippen LogP contribution in [0.15, 0.2) is 24.3 Å². The highest BCUT2D eigenvalue weighted by atomic mass is 19.4. The number of nitrogens with zero attached hydrogens (tertiary/aromatic N) is 1. The lowest BCUT2D eigenvalue weighted by atomic mass is 10.1. The van der Waals surface area contributed by atoms with Crippen molar-refractivity contribution in [2.75, 3.05) is 24.6 Å². The zero-order valence-corrected chi connectivity index (χ0v) is 14.8. The van der Waals surface area contributed by atoms with E-state index in [1.54, 1.807) is 6.92 Å². The molecule has 1 heterocycles. The molecule has 0 aromatic heterocycles. The Kier molecular flexibility index (Phi) is 6.60. The standard InChI is InChI=1S/C17H18F3N3O5/c1-2-21-16(27)22-13(24)9-28-15(26)10-6-14(25)23(8-10)12-5-3-4-11(7-12)17(18,19)20/h3-5,7,10H,2,6,8-9H2,1H3,(H2,21,22,24,27)/t10-/m0/s1. The van der Waals surface area contributed by atoms with Crippen molar-refractivity contribution in [3.8, 4) is 0 Å². The Labute approximate surface area is 158 Å². The molecule has 1 atom stereocenters. The third kappa shape index (κ3) is 5.44. The molecule has 2 N–H and O–H groups in total. The van der Waals surface area contributed by atoms with Gasteiger partial charge in [0.15, 0.2) is 6.61 Å². The number of hydrogen-bond donors (Lipinski definition) is 2. The van der Waals surface area contributed by atoms with E-state index in [-0.39, 0.29) is 18.7 Å². The number of imide groups is 1. The lowest BCUT2D eigenvalue weighted by Crippen LogP contribution is -2.41. The number of alkyl halides is 3. The van der Waals surface area contributed by atoms with Crippen LogP contribution in [0.4, 0.5) is 23.7 Å². The van der Waals surface area contributed by atoms with E-state index < -0.39 is 48.1 Å². The van der Waals surface area contributed by atoms with E-state index in [1.165, 1.54) is 12.1 Å². The van der Waals surface area contributed by atoms with E-state index >= 15 is 0 Å². The predicted octanol–water partition coefficient (Wildman–Crippen LogP) is 1.45. The highest BCUT2D eigenvalue weighted by molar-refractivity contribution is 6.00. The van der Waals surface area contributed by atoms with Crippen LogP contribution >= 0.6 is 0 Å². The molecule has 8 nitrogen and oxygen atoms in total. The minimum absolute atomic E-state index is 0.0177. The van der Waals surface area contributed by atoms with E-state index in [1.807, 2.05) is 5.32 Å². The minimum atomic E-state index is -4.56. The summed E-state index contributed by atoms with van der Waals surface area (Å²) in [4.78, 5) is 47.9. The molecule has 0 bridgehead atoms. The first-order valence-electron chi connectivity index (χ1n) is 8.33. The Hall–Kier alpha value is -3.11. The molecule has 0 spiro atoms. The van der Waals surface area contributed by atoms with E-state index in [0.717, 1.165) is 17.0 Å². The van der Waals surface area contributed by atoms with Gasteiger partial charge in [0.2, 0.25) is 5.91 Å². The average Bonchev–Trinajstić information content (AvgIpc) is 3.01. The Morgan fingerprint density at radius 2 is 2.00 bits per heavy atom. The smallest absolute Gasteiger partial charge is 0.416 e. The molecule has 2 rings (SSSR count). The van der Waals surface area contributed by atoms with Crippen molar-refractivity contribution in [2.45, 2.75) is 19.5 Å². The lowest BCUT2D eigenvalue weighted by Gasteiger charge is -2.18. The number of carbonyl (C=O) groups excluding carboxylic acids is 4. The first kappa shape index (κ1) is 21.2.